The lowest BCUT2D eigenvalue weighted by Crippen LogP contribution is -2.03. The van der Waals surface area contributed by atoms with Gasteiger partial charge in [-0.25, -0.2) is 9.97 Å². The Balaban J connectivity index is 2.42. The quantitative estimate of drug-likeness (QED) is 0.814. The summed E-state index contributed by atoms with van der Waals surface area (Å²) in [4.78, 5) is 8.73. The Morgan fingerprint density at radius 1 is 1.26 bits per heavy atom. The Labute approximate surface area is 126 Å². The van der Waals surface area contributed by atoms with E-state index in [0.29, 0.717) is 5.15 Å². The molecule has 1 N–H and O–H groups in total. The van der Waals surface area contributed by atoms with E-state index in [1.807, 2.05) is 26.0 Å². The Kier molecular flexibility index (Phi) is 4.42. The predicted octanol–water partition coefficient (Wildman–Crippen LogP) is 4.82. The van der Waals surface area contributed by atoms with Crippen molar-refractivity contribution in [3.8, 4) is 0 Å². The number of hydrogen-bond donors (Lipinski definition) is 1. The number of rotatable bonds is 3. The van der Waals surface area contributed by atoms with Gasteiger partial charge in [0, 0.05) is 16.5 Å². The molecule has 2 aromatic rings. The van der Waals surface area contributed by atoms with Gasteiger partial charge in [-0.1, -0.05) is 24.6 Å². The molecule has 0 aliphatic carbocycles. The fraction of sp³-hybridized carbons (Fsp3) is 0.286. The third-order valence-corrected chi connectivity index (χ3v) is 3.88. The lowest BCUT2D eigenvalue weighted by atomic mass is 10.2. The zero-order valence-electron chi connectivity index (χ0n) is 11.1. The normalized spacial score (nSPS) is 10.6. The van der Waals surface area contributed by atoms with Gasteiger partial charge in [0.1, 0.15) is 16.8 Å². The number of benzene rings is 1. The summed E-state index contributed by atoms with van der Waals surface area (Å²) in [6, 6.07) is 6.12. The van der Waals surface area contributed by atoms with Crippen LogP contribution in [0.15, 0.2) is 22.7 Å². The van der Waals surface area contributed by atoms with Crippen molar-refractivity contribution >= 4 is 39.0 Å². The molecule has 0 saturated carbocycles. The van der Waals surface area contributed by atoms with Crippen molar-refractivity contribution < 1.29 is 0 Å². The largest absolute Gasteiger partial charge is 0.339 e. The Bertz CT molecular complexity index is 614. The molecule has 0 aliphatic heterocycles. The molecule has 0 atom stereocenters. The molecule has 2 rings (SSSR count). The molecule has 0 radical (unpaired) electrons. The molecule has 0 saturated heterocycles. The number of halogens is 2. The van der Waals surface area contributed by atoms with Gasteiger partial charge in [0.2, 0.25) is 0 Å². The summed E-state index contributed by atoms with van der Waals surface area (Å²) < 4.78 is 0.991. The molecule has 0 unspecified atom stereocenters. The molecule has 1 heterocycles. The average Bonchev–Trinajstić information content (AvgIpc) is 2.38. The van der Waals surface area contributed by atoms with Crippen LogP contribution in [-0.2, 0) is 6.42 Å². The second-order valence-electron chi connectivity index (χ2n) is 4.37. The van der Waals surface area contributed by atoms with Gasteiger partial charge in [0.15, 0.2) is 0 Å². The maximum atomic E-state index is 6.13. The van der Waals surface area contributed by atoms with Crippen LogP contribution in [-0.4, -0.2) is 9.97 Å². The third-order valence-electron chi connectivity index (χ3n) is 2.82. The highest BCUT2D eigenvalue weighted by Crippen LogP contribution is 2.29. The van der Waals surface area contributed by atoms with Gasteiger partial charge in [-0.2, -0.15) is 0 Å². The topological polar surface area (TPSA) is 37.8 Å². The van der Waals surface area contributed by atoms with Crippen molar-refractivity contribution in [1.29, 1.82) is 0 Å². The number of anilines is 2. The van der Waals surface area contributed by atoms with Crippen molar-refractivity contribution in [3.05, 3.63) is 44.8 Å². The maximum Gasteiger partial charge on any atom is 0.138 e. The molecule has 100 valence electrons. The van der Waals surface area contributed by atoms with Gasteiger partial charge in [-0.05, 0) is 47.5 Å². The SMILES string of the molecule is CCc1nc(Cl)c(C)c(Nc2cc(C)ccc2Br)n1. The third kappa shape index (κ3) is 3.25. The molecule has 19 heavy (non-hydrogen) atoms. The van der Waals surface area contributed by atoms with Crippen molar-refractivity contribution in [2.24, 2.45) is 0 Å². The van der Waals surface area contributed by atoms with E-state index in [4.69, 9.17) is 11.6 Å². The highest BCUT2D eigenvalue weighted by molar-refractivity contribution is 9.10. The van der Waals surface area contributed by atoms with E-state index in [1.165, 1.54) is 5.56 Å². The molecule has 1 aromatic heterocycles. The first-order chi connectivity index (χ1) is 9.01. The number of nitrogens with zero attached hydrogens (tertiary/aromatic N) is 2. The zero-order chi connectivity index (χ0) is 14.0. The highest BCUT2D eigenvalue weighted by atomic mass is 79.9. The van der Waals surface area contributed by atoms with Crippen LogP contribution >= 0.6 is 27.5 Å². The van der Waals surface area contributed by atoms with E-state index in [-0.39, 0.29) is 0 Å². The predicted molar refractivity (Wildman–Crippen MR) is 83.3 cm³/mol. The van der Waals surface area contributed by atoms with E-state index in [1.54, 1.807) is 0 Å². The molecule has 3 nitrogen and oxygen atoms in total. The minimum absolute atomic E-state index is 0.498. The molecule has 0 aliphatic rings. The molecule has 5 heteroatoms. The molecule has 1 aromatic carbocycles. The number of hydrogen-bond acceptors (Lipinski definition) is 3. The lowest BCUT2D eigenvalue weighted by Gasteiger charge is -2.12. The summed E-state index contributed by atoms with van der Waals surface area (Å²) >= 11 is 9.66. The van der Waals surface area contributed by atoms with Gasteiger partial charge < -0.3 is 5.32 Å². The molecule has 0 spiro atoms. The zero-order valence-corrected chi connectivity index (χ0v) is 13.4. The first-order valence-corrected chi connectivity index (χ1v) is 7.24. The fourth-order valence-electron chi connectivity index (χ4n) is 1.68. The summed E-state index contributed by atoms with van der Waals surface area (Å²) in [6.07, 6.45) is 0.754. The van der Waals surface area contributed by atoms with Crippen LogP contribution < -0.4 is 5.32 Å². The van der Waals surface area contributed by atoms with Crippen LogP contribution in [0.1, 0.15) is 23.9 Å². The van der Waals surface area contributed by atoms with E-state index in [0.717, 1.165) is 33.8 Å². The van der Waals surface area contributed by atoms with E-state index in [9.17, 15) is 0 Å². The summed E-state index contributed by atoms with van der Waals surface area (Å²) in [7, 11) is 0. The monoisotopic (exact) mass is 339 g/mol. The van der Waals surface area contributed by atoms with Crippen LogP contribution in [0, 0.1) is 13.8 Å². The van der Waals surface area contributed by atoms with E-state index >= 15 is 0 Å². The van der Waals surface area contributed by atoms with Crippen LogP contribution in [0.2, 0.25) is 5.15 Å². The second-order valence-corrected chi connectivity index (χ2v) is 5.58. The Morgan fingerprint density at radius 3 is 2.68 bits per heavy atom. The van der Waals surface area contributed by atoms with Gasteiger partial charge >= 0.3 is 0 Å². The van der Waals surface area contributed by atoms with Crippen LogP contribution in [0.4, 0.5) is 11.5 Å². The summed E-state index contributed by atoms with van der Waals surface area (Å²) in [5.41, 5.74) is 3.01. The van der Waals surface area contributed by atoms with Crippen LogP contribution in [0.5, 0.6) is 0 Å². The summed E-state index contributed by atoms with van der Waals surface area (Å²) in [5.74, 6) is 1.49. The summed E-state index contributed by atoms with van der Waals surface area (Å²) in [6.45, 7) is 5.97. The van der Waals surface area contributed by atoms with Gasteiger partial charge in [-0.15, -0.1) is 0 Å². The molecule has 0 amide bonds. The number of aryl methyl sites for hydroxylation is 2. The minimum atomic E-state index is 0.498. The number of nitrogens with one attached hydrogen (secondary N) is 1. The molecule has 0 bridgehead atoms. The van der Waals surface area contributed by atoms with Gasteiger partial charge in [-0.3, -0.25) is 0 Å². The molecular formula is C14H15BrClN3. The first-order valence-electron chi connectivity index (χ1n) is 6.07. The van der Waals surface area contributed by atoms with Crippen LogP contribution in [0.25, 0.3) is 0 Å². The smallest absolute Gasteiger partial charge is 0.138 e. The standard InChI is InChI=1S/C14H15BrClN3/c1-4-12-18-13(16)9(3)14(19-12)17-11-7-8(2)5-6-10(11)15/h5-7H,4H2,1-3H3,(H,17,18,19). The minimum Gasteiger partial charge on any atom is -0.339 e. The van der Waals surface area contributed by atoms with E-state index in [2.05, 4.69) is 44.2 Å². The summed E-state index contributed by atoms with van der Waals surface area (Å²) in [5, 5.41) is 3.81. The fourth-order valence-corrected chi connectivity index (χ4v) is 2.21. The van der Waals surface area contributed by atoms with Crippen molar-refractivity contribution in [2.75, 3.05) is 5.32 Å². The Hall–Kier alpha value is -1.13. The highest BCUT2D eigenvalue weighted by Gasteiger charge is 2.10. The van der Waals surface area contributed by atoms with Crippen molar-refractivity contribution in [3.63, 3.8) is 0 Å². The molecule has 0 fully saturated rings. The van der Waals surface area contributed by atoms with Gasteiger partial charge in [0.25, 0.3) is 0 Å². The van der Waals surface area contributed by atoms with E-state index < -0.39 is 0 Å². The molecular weight excluding hydrogens is 326 g/mol. The average molecular weight is 341 g/mol. The van der Waals surface area contributed by atoms with Crippen molar-refractivity contribution in [1.82, 2.24) is 9.97 Å². The maximum absolute atomic E-state index is 6.13. The Morgan fingerprint density at radius 2 is 2.00 bits per heavy atom. The van der Waals surface area contributed by atoms with Gasteiger partial charge in [0.05, 0.1) is 5.69 Å². The lowest BCUT2D eigenvalue weighted by molar-refractivity contribution is 0.934. The number of aromatic nitrogens is 2. The first kappa shape index (κ1) is 14.3. The second kappa shape index (κ2) is 5.88. The van der Waals surface area contributed by atoms with Crippen molar-refractivity contribution in [2.45, 2.75) is 27.2 Å². The van der Waals surface area contributed by atoms with Crippen LogP contribution in [0.3, 0.4) is 0 Å².